The van der Waals surface area contributed by atoms with Gasteiger partial charge in [-0.05, 0) is 18.2 Å². The third-order valence-electron chi connectivity index (χ3n) is 3.82. The number of rotatable bonds is 4. The molecule has 148 valence electrons. The highest BCUT2D eigenvalue weighted by Crippen LogP contribution is 2.31. The van der Waals surface area contributed by atoms with E-state index in [1.54, 1.807) is 16.7 Å². The molecule has 0 aliphatic rings. The second-order valence-electron chi connectivity index (χ2n) is 5.73. The van der Waals surface area contributed by atoms with Crippen LogP contribution in [0.2, 0.25) is 0 Å². The Morgan fingerprint density at radius 1 is 1.03 bits per heavy atom. The lowest BCUT2D eigenvalue weighted by atomic mass is 10.3. The summed E-state index contributed by atoms with van der Waals surface area (Å²) in [6, 6.07) is 7.01. The first-order valence-corrected chi connectivity index (χ1v) is 8.08. The van der Waals surface area contributed by atoms with Crippen molar-refractivity contribution in [1.82, 2.24) is 29.7 Å². The molecule has 0 spiro atoms. The highest BCUT2D eigenvalue weighted by atomic mass is 19.4. The van der Waals surface area contributed by atoms with E-state index in [-0.39, 0.29) is 17.2 Å². The van der Waals surface area contributed by atoms with Crippen molar-refractivity contribution in [2.75, 3.05) is 12.8 Å². The van der Waals surface area contributed by atoms with Crippen LogP contribution in [0.5, 0.6) is 11.6 Å². The quantitative estimate of drug-likeness (QED) is 0.553. The molecule has 4 rings (SSSR count). The smallest absolute Gasteiger partial charge is 0.480 e. The first-order chi connectivity index (χ1) is 13.8. The topological polar surface area (TPSA) is 114 Å². The summed E-state index contributed by atoms with van der Waals surface area (Å²) in [5.74, 6) is 0.752. The minimum absolute atomic E-state index is 0.210. The lowest BCUT2D eigenvalue weighted by molar-refractivity contribution is -0.274. The van der Waals surface area contributed by atoms with Gasteiger partial charge in [0.15, 0.2) is 11.6 Å². The molecular formula is C17H12F3N7O2. The van der Waals surface area contributed by atoms with Gasteiger partial charge in [-0.15, -0.1) is 23.4 Å². The molecule has 0 saturated carbocycles. The van der Waals surface area contributed by atoms with E-state index in [2.05, 4.69) is 29.9 Å². The lowest BCUT2D eigenvalue weighted by Gasteiger charge is -2.09. The minimum atomic E-state index is -4.82. The Morgan fingerprint density at radius 3 is 2.48 bits per heavy atom. The van der Waals surface area contributed by atoms with E-state index in [1.807, 2.05) is 0 Å². The largest absolute Gasteiger partial charge is 0.573 e. The van der Waals surface area contributed by atoms with Crippen molar-refractivity contribution in [3.8, 4) is 29.0 Å². The fourth-order valence-electron chi connectivity index (χ4n) is 2.66. The standard InChI is InChI=1S/C17H12F3N7O2/c1-28-15-5-4-14(25-26-15)27-12-3-2-9(29-17(18,19)20)6-10(12)24-16(27)11-7-23-13(21)8-22-11/h2-8H,1H3,(H2,21,23). The minimum Gasteiger partial charge on any atom is -0.480 e. The molecular weight excluding hydrogens is 391 g/mol. The van der Waals surface area contributed by atoms with E-state index in [1.165, 1.54) is 37.7 Å². The Labute approximate surface area is 161 Å². The van der Waals surface area contributed by atoms with Crippen LogP contribution in [0.25, 0.3) is 28.4 Å². The number of halogens is 3. The van der Waals surface area contributed by atoms with E-state index in [0.717, 1.165) is 0 Å². The van der Waals surface area contributed by atoms with Crippen LogP contribution >= 0.6 is 0 Å². The van der Waals surface area contributed by atoms with Crippen LogP contribution in [0, 0.1) is 0 Å². The van der Waals surface area contributed by atoms with Gasteiger partial charge >= 0.3 is 6.36 Å². The molecule has 0 aliphatic heterocycles. The maximum Gasteiger partial charge on any atom is 0.573 e. The van der Waals surface area contributed by atoms with Crippen LogP contribution in [0.4, 0.5) is 19.0 Å². The number of nitrogens with zero attached hydrogens (tertiary/aromatic N) is 6. The Kier molecular flexibility index (Phi) is 4.37. The maximum atomic E-state index is 12.6. The van der Waals surface area contributed by atoms with E-state index >= 15 is 0 Å². The highest BCUT2D eigenvalue weighted by Gasteiger charge is 2.31. The molecule has 0 aliphatic carbocycles. The molecule has 9 nitrogen and oxygen atoms in total. The lowest BCUT2D eigenvalue weighted by Crippen LogP contribution is -2.17. The van der Waals surface area contributed by atoms with Gasteiger partial charge in [-0.3, -0.25) is 4.57 Å². The molecule has 3 aromatic heterocycles. The zero-order chi connectivity index (χ0) is 20.6. The van der Waals surface area contributed by atoms with Crippen molar-refractivity contribution in [3.05, 3.63) is 42.7 Å². The number of benzene rings is 1. The number of nitrogen functional groups attached to an aromatic ring is 1. The first kappa shape index (κ1) is 18.4. The van der Waals surface area contributed by atoms with Gasteiger partial charge in [0.05, 0.1) is 30.5 Å². The molecule has 4 aromatic rings. The summed E-state index contributed by atoms with van der Waals surface area (Å²) in [6.07, 6.45) is -2.07. The number of hydrogen-bond acceptors (Lipinski definition) is 8. The number of imidazole rings is 1. The highest BCUT2D eigenvalue weighted by molar-refractivity contribution is 5.83. The van der Waals surface area contributed by atoms with Crippen molar-refractivity contribution < 1.29 is 22.6 Å². The van der Waals surface area contributed by atoms with Crippen LogP contribution in [0.1, 0.15) is 0 Å². The van der Waals surface area contributed by atoms with Crippen molar-refractivity contribution in [1.29, 1.82) is 0 Å². The van der Waals surface area contributed by atoms with Crippen LogP contribution in [-0.4, -0.2) is 43.2 Å². The normalized spacial score (nSPS) is 11.6. The average Bonchev–Trinajstić information content (AvgIpc) is 3.06. The molecule has 0 radical (unpaired) electrons. The zero-order valence-corrected chi connectivity index (χ0v) is 14.8. The zero-order valence-electron chi connectivity index (χ0n) is 14.8. The first-order valence-electron chi connectivity index (χ1n) is 8.08. The van der Waals surface area contributed by atoms with E-state index in [4.69, 9.17) is 10.5 Å². The summed E-state index contributed by atoms with van der Waals surface area (Å²) in [6.45, 7) is 0. The van der Waals surface area contributed by atoms with Gasteiger partial charge in [-0.2, -0.15) is 0 Å². The second-order valence-corrected chi connectivity index (χ2v) is 5.73. The monoisotopic (exact) mass is 403 g/mol. The van der Waals surface area contributed by atoms with E-state index < -0.39 is 12.1 Å². The third kappa shape index (κ3) is 3.72. The SMILES string of the molecule is COc1ccc(-n2c(-c3cnc(N)cn3)nc3cc(OC(F)(F)F)ccc32)nn1. The Morgan fingerprint density at radius 2 is 1.86 bits per heavy atom. The molecule has 2 N–H and O–H groups in total. The van der Waals surface area contributed by atoms with Gasteiger partial charge in [0.25, 0.3) is 0 Å². The molecule has 0 saturated heterocycles. The number of fused-ring (bicyclic) bond motifs is 1. The number of methoxy groups -OCH3 is 1. The van der Waals surface area contributed by atoms with Gasteiger partial charge in [0, 0.05) is 12.1 Å². The van der Waals surface area contributed by atoms with E-state index in [0.29, 0.717) is 22.9 Å². The Bertz CT molecular complexity index is 1160. The summed E-state index contributed by atoms with van der Waals surface area (Å²) < 4.78 is 48.2. The molecule has 0 unspecified atom stereocenters. The number of hydrogen-bond donors (Lipinski definition) is 1. The predicted molar refractivity (Wildman–Crippen MR) is 95.3 cm³/mol. The predicted octanol–water partition coefficient (Wildman–Crippen LogP) is 2.76. The molecule has 0 atom stereocenters. The number of nitrogens with two attached hydrogens (primary N) is 1. The number of anilines is 1. The molecule has 12 heteroatoms. The summed E-state index contributed by atoms with van der Waals surface area (Å²) >= 11 is 0. The van der Waals surface area contributed by atoms with Crippen molar-refractivity contribution in [2.24, 2.45) is 0 Å². The maximum absolute atomic E-state index is 12.6. The number of aromatic nitrogens is 6. The van der Waals surface area contributed by atoms with Crippen molar-refractivity contribution >= 4 is 16.9 Å². The molecule has 0 amide bonds. The summed E-state index contributed by atoms with van der Waals surface area (Å²) in [4.78, 5) is 12.6. The van der Waals surface area contributed by atoms with Crippen molar-refractivity contribution in [3.63, 3.8) is 0 Å². The molecule has 0 bridgehead atoms. The second kappa shape index (κ2) is 6.89. The van der Waals surface area contributed by atoms with Gasteiger partial charge < -0.3 is 15.2 Å². The summed E-state index contributed by atoms with van der Waals surface area (Å²) in [5, 5.41) is 8.02. The van der Waals surface area contributed by atoms with Gasteiger partial charge in [-0.1, -0.05) is 0 Å². The van der Waals surface area contributed by atoms with Gasteiger partial charge in [0.1, 0.15) is 17.3 Å². The Hall–Kier alpha value is -3.96. The van der Waals surface area contributed by atoms with Crippen molar-refractivity contribution in [2.45, 2.75) is 6.36 Å². The van der Waals surface area contributed by atoms with Crippen LogP contribution in [-0.2, 0) is 0 Å². The molecule has 29 heavy (non-hydrogen) atoms. The van der Waals surface area contributed by atoms with E-state index in [9.17, 15) is 13.2 Å². The molecule has 1 aromatic carbocycles. The summed E-state index contributed by atoms with van der Waals surface area (Å²) in [7, 11) is 1.45. The van der Waals surface area contributed by atoms with Crippen LogP contribution in [0.15, 0.2) is 42.7 Å². The third-order valence-corrected chi connectivity index (χ3v) is 3.82. The number of ether oxygens (including phenoxy) is 2. The summed E-state index contributed by atoms with van der Waals surface area (Å²) in [5.41, 5.74) is 6.62. The fourth-order valence-corrected chi connectivity index (χ4v) is 2.66. The molecule has 0 fully saturated rings. The van der Waals surface area contributed by atoms with Crippen LogP contribution in [0.3, 0.4) is 0 Å². The average molecular weight is 403 g/mol. The Balaban J connectivity index is 1.91. The fraction of sp³-hybridized carbons (Fsp3) is 0.118. The number of alkyl halides is 3. The van der Waals surface area contributed by atoms with Crippen LogP contribution < -0.4 is 15.2 Å². The van der Waals surface area contributed by atoms with Gasteiger partial charge in [-0.25, -0.2) is 15.0 Å². The van der Waals surface area contributed by atoms with Gasteiger partial charge in [0.2, 0.25) is 5.88 Å². The molecule has 3 heterocycles.